The van der Waals surface area contributed by atoms with E-state index in [9.17, 15) is 19.8 Å². The first-order valence-electron chi connectivity index (χ1n) is 5.62. The highest BCUT2D eigenvalue weighted by Gasteiger charge is 2.43. The Hall–Kier alpha value is -1.51. The van der Waals surface area contributed by atoms with Gasteiger partial charge in [0, 0.05) is 12.5 Å². The van der Waals surface area contributed by atoms with Crippen LogP contribution in [-0.2, 0) is 0 Å². The van der Waals surface area contributed by atoms with E-state index >= 15 is 0 Å². The summed E-state index contributed by atoms with van der Waals surface area (Å²) in [6.07, 6.45) is -2.09. The van der Waals surface area contributed by atoms with Crippen LogP contribution >= 0.6 is 0 Å². The molecule has 0 saturated heterocycles. The van der Waals surface area contributed by atoms with E-state index in [2.05, 4.69) is 10.1 Å². The predicted molar refractivity (Wildman–Crippen MR) is 60.1 cm³/mol. The number of H-pyrrole nitrogens is 1. The SMILES string of the molecule is Cc1nn([C@H]2C[C@@H](CO)[C@H](O)[C@@H]2O)c(=O)[nH]c1=O. The zero-order chi connectivity index (χ0) is 13.4. The molecule has 4 N–H and O–H groups in total. The number of aromatic amines is 1. The molecule has 0 bridgehead atoms. The molecule has 0 amide bonds. The maximum Gasteiger partial charge on any atom is 0.345 e. The number of aliphatic hydroxyl groups excluding tert-OH is 3. The first-order valence-corrected chi connectivity index (χ1v) is 5.62. The van der Waals surface area contributed by atoms with Crippen molar-refractivity contribution in [3.8, 4) is 0 Å². The average molecular weight is 257 g/mol. The van der Waals surface area contributed by atoms with Crippen molar-refractivity contribution in [3.63, 3.8) is 0 Å². The Morgan fingerprint density at radius 3 is 2.61 bits per heavy atom. The molecule has 1 aromatic rings. The third-order valence-electron chi connectivity index (χ3n) is 3.33. The van der Waals surface area contributed by atoms with Gasteiger partial charge in [-0.3, -0.25) is 9.78 Å². The lowest BCUT2D eigenvalue weighted by molar-refractivity contribution is -0.00616. The Bertz CT molecular complexity index is 551. The smallest absolute Gasteiger partial charge is 0.345 e. The van der Waals surface area contributed by atoms with Crippen molar-refractivity contribution in [1.82, 2.24) is 14.8 Å². The summed E-state index contributed by atoms with van der Waals surface area (Å²) >= 11 is 0. The fourth-order valence-electron chi connectivity index (χ4n) is 2.24. The lowest BCUT2D eigenvalue weighted by Crippen LogP contribution is -2.40. The molecule has 1 aromatic heterocycles. The van der Waals surface area contributed by atoms with Crippen LogP contribution in [0.25, 0.3) is 0 Å². The molecule has 0 aromatic carbocycles. The number of rotatable bonds is 2. The van der Waals surface area contributed by atoms with Crippen LogP contribution in [0.5, 0.6) is 0 Å². The van der Waals surface area contributed by atoms with Gasteiger partial charge in [0.05, 0.1) is 12.1 Å². The molecule has 1 fully saturated rings. The maximum atomic E-state index is 11.6. The predicted octanol–water partition coefficient (Wildman–Crippen LogP) is -2.48. The van der Waals surface area contributed by atoms with E-state index in [1.165, 1.54) is 6.92 Å². The standard InChI is InChI=1S/C10H15N3O5/c1-4-9(17)11-10(18)13(12-4)6-2-5(3-14)7(15)8(6)16/h5-8,14-16H,2-3H2,1H3,(H,11,17,18)/t5-,6-,7-,8+/m0/s1. The van der Waals surface area contributed by atoms with Crippen LogP contribution in [-0.4, -0.2) is 48.9 Å². The zero-order valence-corrected chi connectivity index (χ0v) is 9.78. The van der Waals surface area contributed by atoms with Crippen molar-refractivity contribution in [2.45, 2.75) is 31.6 Å². The van der Waals surface area contributed by atoms with E-state index < -0.39 is 35.4 Å². The summed E-state index contributed by atoms with van der Waals surface area (Å²) in [6, 6.07) is -0.750. The largest absolute Gasteiger partial charge is 0.396 e. The van der Waals surface area contributed by atoms with Crippen LogP contribution in [0.1, 0.15) is 18.2 Å². The Kier molecular flexibility index (Phi) is 3.33. The fraction of sp³-hybridized carbons (Fsp3) is 0.700. The van der Waals surface area contributed by atoms with E-state index in [1.807, 2.05) is 0 Å². The van der Waals surface area contributed by atoms with E-state index in [-0.39, 0.29) is 18.7 Å². The van der Waals surface area contributed by atoms with Crippen molar-refractivity contribution in [3.05, 3.63) is 26.5 Å². The van der Waals surface area contributed by atoms with Crippen LogP contribution in [0.3, 0.4) is 0 Å². The quantitative estimate of drug-likeness (QED) is 0.464. The lowest BCUT2D eigenvalue weighted by atomic mass is 10.1. The van der Waals surface area contributed by atoms with E-state index in [0.717, 1.165) is 4.68 Å². The Morgan fingerprint density at radius 1 is 1.39 bits per heavy atom. The molecule has 1 heterocycles. The first-order chi connectivity index (χ1) is 8.45. The van der Waals surface area contributed by atoms with E-state index in [0.29, 0.717) is 0 Å². The summed E-state index contributed by atoms with van der Waals surface area (Å²) in [5.74, 6) is -0.508. The monoisotopic (exact) mass is 257 g/mol. The summed E-state index contributed by atoms with van der Waals surface area (Å²) < 4.78 is 0.959. The summed E-state index contributed by atoms with van der Waals surface area (Å²) in [6.45, 7) is 1.15. The molecule has 0 spiro atoms. The molecular formula is C10H15N3O5. The van der Waals surface area contributed by atoms with Gasteiger partial charge in [0.25, 0.3) is 5.56 Å². The minimum atomic E-state index is -1.20. The summed E-state index contributed by atoms with van der Waals surface area (Å²) in [5, 5.41) is 32.4. The van der Waals surface area contributed by atoms with Crippen molar-refractivity contribution >= 4 is 0 Å². The minimum Gasteiger partial charge on any atom is -0.396 e. The highest BCUT2D eigenvalue weighted by atomic mass is 16.3. The van der Waals surface area contributed by atoms with Crippen LogP contribution in [0, 0.1) is 12.8 Å². The second-order valence-corrected chi connectivity index (χ2v) is 4.52. The van der Waals surface area contributed by atoms with Crippen molar-refractivity contribution in [2.75, 3.05) is 6.61 Å². The molecule has 0 aliphatic heterocycles. The molecule has 1 saturated carbocycles. The number of aryl methyl sites for hydroxylation is 1. The molecule has 18 heavy (non-hydrogen) atoms. The number of aromatic nitrogens is 3. The normalized spacial score (nSPS) is 31.8. The highest BCUT2D eigenvalue weighted by molar-refractivity contribution is 4.96. The molecule has 1 aliphatic rings. The topological polar surface area (TPSA) is 128 Å². The lowest BCUT2D eigenvalue weighted by Gasteiger charge is -2.17. The number of aliphatic hydroxyl groups is 3. The first kappa shape index (κ1) is 12.9. The summed E-state index contributed by atoms with van der Waals surface area (Å²) in [7, 11) is 0. The van der Waals surface area contributed by atoms with Gasteiger partial charge < -0.3 is 15.3 Å². The van der Waals surface area contributed by atoms with Gasteiger partial charge in [-0.15, -0.1) is 0 Å². The number of nitrogens with zero attached hydrogens (tertiary/aromatic N) is 2. The molecule has 2 rings (SSSR count). The van der Waals surface area contributed by atoms with E-state index in [4.69, 9.17) is 5.11 Å². The molecule has 4 atom stereocenters. The molecule has 0 unspecified atom stereocenters. The van der Waals surface area contributed by atoms with Crippen LogP contribution in [0.4, 0.5) is 0 Å². The highest BCUT2D eigenvalue weighted by Crippen LogP contribution is 2.33. The van der Waals surface area contributed by atoms with Gasteiger partial charge in [-0.05, 0) is 13.3 Å². The minimum absolute atomic E-state index is 0.101. The number of nitrogens with one attached hydrogen (secondary N) is 1. The van der Waals surface area contributed by atoms with Gasteiger partial charge in [-0.25, -0.2) is 9.48 Å². The average Bonchev–Trinajstić information content (AvgIpc) is 2.61. The van der Waals surface area contributed by atoms with Gasteiger partial charge >= 0.3 is 5.69 Å². The van der Waals surface area contributed by atoms with Crippen LogP contribution < -0.4 is 11.2 Å². The van der Waals surface area contributed by atoms with Gasteiger partial charge in [0.1, 0.15) is 11.8 Å². The van der Waals surface area contributed by atoms with Gasteiger partial charge in [-0.2, -0.15) is 5.10 Å². The summed E-state index contributed by atoms with van der Waals surface area (Å²) in [4.78, 5) is 24.9. The molecule has 8 nitrogen and oxygen atoms in total. The van der Waals surface area contributed by atoms with E-state index in [1.54, 1.807) is 0 Å². The molecular weight excluding hydrogens is 242 g/mol. The number of hydrogen-bond donors (Lipinski definition) is 4. The Morgan fingerprint density at radius 2 is 2.06 bits per heavy atom. The molecule has 100 valence electrons. The molecule has 0 radical (unpaired) electrons. The van der Waals surface area contributed by atoms with Gasteiger partial charge in [-0.1, -0.05) is 0 Å². The van der Waals surface area contributed by atoms with Crippen LogP contribution in [0.2, 0.25) is 0 Å². The van der Waals surface area contributed by atoms with Gasteiger partial charge in [0.2, 0.25) is 0 Å². The van der Waals surface area contributed by atoms with Crippen LogP contribution in [0.15, 0.2) is 9.59 Å². The second-order valence-electron chi connectivity index (χ2n) is 4.52. The van der Waals surface area contributed by atoms with Gasteiger partial charge in [0.15, 0.2) is 0 Å². The Balaban J connectivity index is 2.42. The van der Waals surface area contributed by atoms with Crippen molar-refractivity contribution in [1.29, 1.82) is 0 Å². The third kappa shape index (κ3) is 1.98. The number of hydrogen-bond acceptors (Lipinski definition) is 6. The second kappa shape index (κ2) is 4.63. The molecule has 8 heteroatoms. The van der Waals surface area contributed by atoms with Crippen molar-refractivity contribution < 1.29 is 15.3 Å². The third-order valence-corrected chi connectivity index (χ3v) is 3.33. The fourth-order valence-corrected chi connectivity index (χ4v) is 2.24. The zero-order valence-electron chi connectivity index (χ0n) is 9.78. The van der Waals surface area contributed by atoms with Crippen molar-refractivity contribution in [2.24, 2.45) is 5.92 Å². The molecule has 1 aliphatic carbocycles. The maximum absolute atomic E-state index is 11.6. The Labute approximate surface area is 102 Å². The summed E-state index contributed by atoms with van der Waals surface area (Å²) in [5.41, 5.74) is -1.22.